The molecule has 25 heavy (non-hydrogen) atoms. The molecule has 2 aromatic rings. The second kappa shape index (κ2) is 12.0. The van der Waals surface area contributed by atoms with Crippen LogP contribution in [-0.2, 0) is 24.3 Å². The van der Waals surface area contributed by atoms with Gasteiger partial charge < -0.3 is 16.3 Å². The van der Waals surface area contributed by atoms with Crippen LogP contribution in [0.3, 0.4) is 0 Å². The van der Waals surface area contributed by atoms with Crippen molar-refractivity contribution >= 4 is 34.8 Å². The number of carboxylic acid groups (broad SMARTS) is 1. The first kappa shape index (κ1) is 22.6. The van der Waals surface area contributed by atoms with Gasteiger partial charge in [-0.2, -0.15) is 0 Å². The van der Waals surface area contributed by atoms with E-state index in [1.54, 1.807) is 36.4 Å². The number of rotatable bonds is 4. The number of nitrogens with one attached hydrogen (secondary N) is 2. The first-order valence-electron chi connectivity index (χ1n) is 6.85. The molecule has 0 unspecified atom stereocenters. The molecule has 0 saturated carbocycles. The average molecular weight is 408 g/mol. The minimum Gasteiger partial charge on any atom is -0.481 e. The third-order valence-corrected chi connectivity index (χ3v) is 2.66. The summed E-state index contributed by atoms with van der Waals surface area (Å²) >= 11 is 4.60. The number of thiocarbonyl (C=S) groups is 1. The molecule has 0 heterocycles. The van der Waals surface area contributed by atoms with E-state index in [1.807, 2.05) is 24.3 Å². The number of carboxylic acids is 1. The summed E-state index contributed by atoms with van der Waals surface area (Å²) < 4.78 is 0. The monoisotopic (exact) mass is 406 g/mol. The summed E-state index contributed by atoms with van der Waals surface area (Å²) in [7, 11) is 0. The van der Waals surface area contributed by atoms with Gasteiger partial charge in [0.2, 0.25) is 5.78 Å². The van der Waals surface area contributed by atoms with Crippen LogP contribution in [0.2, 0.25) is 0 Å². The molecule has 0 radical (unpaired) electrons. The van der Waals surface area contributed by atoms with E-state index in [1.165, 1.54) is 0 Å². The smallest absolute Gasteiger partial charge is 0.300 e. The second-order valence-electron chi connectivity index (χ2n) is 4.48. The van der Waals surface area contributed by atoms with E-state index in [9.17, 15) is 4.79 Å². The van der Waals surface area contributed by atoms with Gasteiger partial charge in [0.15, 0.2) is 0 Å². The molecule has 0 aliphatic heterocycles. The Morgan fingerprint density at radius 1 is 1.00 bits per heavy atom. The van der Waals surface area contributed by atoms with Crippen molar-refractivity contribution in [3.63, 3.8) is 0 Å². The molecule has 0 atom stereocenters. The Morgan fingerprint density at radius 2 is 1.40 bits per heavy atom. The molecule has 0 bridgehead atoms. The molecule has 0 spiro atoms. The molecule has 8 heteroatoms. The third-order valence-electron chi connectivity index (χ3n) is 2.57. The molecule has 126 valence electrons. The van der Waals surface area contributed by atoms with Crippen LogP contribution in [0.5, 0.6) is 0 Å². The van der Waals surface area contributed by atoms with Crippen LogP contribution in [0, 0.1) is 0 Å². The van der Waals surface area contributed by atoms with E-state index in [0.717, 1.165) is 6.92 Å². The maximum absolute atomic E-state index is 12.5. The number of carbonyl (C=O) groups excluding carboxylic acids is 1. The van der Waals surface area contributed by atoms with Gasteiger partial charge in [0.1, 0.15) is 5.71 Å². The van der Waals surface area contributed by atoms with Gasteiger partial charge in [0.05, 0.1) is 0 Å². The van der Waals surface area contributed by atoms with Gasteiger partial charge >= 0.3 is 0 Å². The summed E-state index contributed by atoms with van der Waals surface area (Å²) in [4.78, 5) is 21.5. The summed E-state index contributed by atoms with van der Waals surface area (Å²) in [5.74, 6) is -1.06. The third kappa shape index (κ3) is 8.83. The summed E-state index contributed by atoms with van der Waals surface area (Å²) in [6.07, 6.45) is 0. The first-order valence-corrected chi connectivity index (χ1v) is 7.26. The van der Waals surface area contributed by atoms with Crippen LogP contribution in [0.1, 0.15) is 22.8 Å². The molecule has 0 aromatic heterocycles. The second-order valence-corrected chi connectivity index (χ2v) is 4.89. The molecule has 0 aliphatic carbocycles. The Bertz CT molecular complexity index is 733. The van der Waals surface area contributed by atoms with Crippen molar-refractivity contribution in [3.8, 4) is 0 Å². The Morgan fingerprint density at radius 3 is 1.80 bits per heavy atom. The predicted molar refractivity (Wildman–Crippen MR) is 97.1 cm³/mol. The van der Waals surface area contributed by atoms with Crippen LogP contribution in [-0.4, -0.2) is 27.7 Å². The summed E-state index contributed by atoms with van der Waals surface area (Å²) in [5.41, 5.74) is 11.0. The van der Waals surface area contributed by atoms with Crippen molar-refractivity contribution in [2.24, 2.45) is 5.10 Å². The van der Waals surface area contributed by atoms with E-state index >= 15 is 0 Å². The fourth-order valence-electron chi connectivity index (χ4n) is 1.68. The molecule has 6 nitrogen and oxygen atoms in total. The van der Waals surface area contributed by atoms with Crippen LogP contribution in [0.4, 0.5) is 0 Å². The van der Waals surface area contributed by atoms with Gasteiger partial charge in [0.25, 0.3) is 5.97 Å². The molecule has 0 fully saturated rings. The molecule has 0 aliphatic rings. The van der Waals surface area contributed by atoms with E-state index in [0.29, 0.717) is 11.1 Å². The fourth-order valence-corrected chi connectivity index (χ4v) is 1.72. The van der Waals surface area contributed by atoms with Crippen LogP contribution in [0.25, 0.3) is 5.73 Å². The number of hydrazone groups is 1. The van der Waals surface area contributed by atoms with Crippen molar-refractivity contribution in [3.05, 3.63) is 77.5 Å². The predicted octanol–water partition coefficient (Wildman–Crippen LogP) is 3.29. The van der Waals surface area contributed by atoms with Crippen LogP contribution < -0.4 is 5.43 Å². The van der Waals surface area contributed by atoms with E-state index in [2.05, 4.69) is 22.7 Å². The molecule has 3 N–H and O–H groups in total. The Kier molecular flexibility index (Phi) is 10.8. The zero-order valence-corrected chi connectivity index (χ0v) is 17.4. The largest absolute Gasteiger partial charge is 0.481 e. The number of nitrogens with zero attached hydrogens (tertiary/aromatic N) is 1. The minimum absolute atomic E-state index is 0. The van der Waals surface area contributed by atoms with E-state index in [4.69, 9.17) is 15.6 Å². The molecular formula is C17H16N3O3SZn-. The van der Waals surface area contributed by atoms with Crippen LogP contribution in [0.15, 0.2) is 65.8 Å². The van der Waals surface area contributed by atoms with Crippen molar-refractivity contribution in [1.29, 1.82) is 0 Å². The van der Waals surface area contributed by atoms with Gasteiger partial charge in [-0.3, -0.25) is 14.7 Å². The number of ketones is 1. The maximum atomic E-state index is 12.5. The Hall–Kier alpha value is -2.44. The first-order chi connectivity index (χ1) is 11.4. The number of Topliss-reactive ketones (excluding diaryl/α,β-unsaturated/α-hetero) is 1. The number of hydrogen-bond donors (Lipinski definition) is 2. The van der Waals surface area contributed by atoms with Crippen molar-refractivity contribution in [2.75, 3.05) is 0 Å². The quantitative estimate of drug-likeness (QED) is 0.266. The summed E-state index contributed by atoms with van der Waals surface area (Å²) in [5, 5.41) is 11.1. The van der Waals surface area contributed by atoms with Gasteiger partial charge in [-0.05, 0) is 0 Å². The van der Waals surface area contributed by atoms with E-state index < -0.39 is 5.97 Å². The maximum Gasteiger partial charge on any atom is 0.300 e. The Labute approximate surface area is 163 Å². The molecule has 2 aromatic carbocycles. The zero-order valence-electron chi connectivity index (χ0n) is 13.6. The van der Waals surface area contributed by atoms with Crippen molar-refractivity contribution in [2.45, 2.75) is 6.92 Å². The topological polar surface area (TPSA) is 103 Å². The normalized spacial score (nSPS) is 9.72. The van der Waals surface area contributed by atoms with Crippen molar-refractivity contribution < 1.29 is 34.2 Å². The summed E-state index contributed by atoms with van der Waals surface area (Å²) in [6, 6.07) is 17.9. The SMILES string of the molecule is CC(=O)O.[NH-]C(=S)N/N=C(/C(=O)c1ccccc1)c1ccccc1.[Zn]. The number of aliphatic carboxylic acids is 1. The van der Waals surface area contributed by atoms with Gasteiger partial charge in [-0.15, -0.1) is 0 Å². The molecule has 0 amide bonds. The standard InChI is InChI=1S/C15H13N3OS.C2H4O2.Zn/c16-15(20)18-17-13(11-7-3-1-4-8-11)14(19)12-9-5-2-6-10-12;1-2(3)4;/h1-10H,(H3,16,18,19,20);1H3,(H,3,4);/p-1. The molecule has 0 saturated heterocycles. The van der Waals surface area contributed by atoms with Gasteiger partial charge in [0, 0.05) is 42.6 Å². The fraction of sp³-hybridized carbons (Fsp3) is 0.0588. The Balaban J connectivity index is 0.00000104. The molecule has 2 rings (SSSR count). The average Bonchev–Trinajstić information content (AvgIpc) is 2.56. The molecular weight excluding hydrogens is 392 g/mol. The zero-order chi connectivity index (χ0) is 17.9. The van der Waals surface area contributed by atoms with Crippen LogP contribution >= 0.6 is 12.2 Å². The van der Waals surface area contributed by atoms with Gasteiger partial charge in [-0.1, -0.05) is 72.9 Å². The van der Waals surface area contributed by atoms with Gasteiger partial charge in [-0.25, -0.2) is 0 Å². The summed E-state index contributed by atoms with van der Waals surface area (Å²) in [6.45, 7) is 1.08. The van der Waals surface area contributed by atoms with E-state index in [-0.39, 0.29) is 36.1 Å². The number of hydrogen-bond acceptors (Lipinski definition) is 4. The minimum atomic E-state index is -0.833. The van der Waals surface area contributed by atoms with Crippen molar-refractivity contribution in [1.82, 2.24) is 5.43 Å². The number of carbonyl (C=O) groups is 2. The number of benzene rings is 2.